The minimum absolute atomic E-state index is 0.0538. The molecule has 2 aromatic heterocycles. The van der Waals surface area contributed by atoms with E-state index in [9.17, 15) is 9.59 Å². The van der Waals surface area contributed by atoms with Crippen LogP contribution in [0.1, 0.15) is 29.5 Å². The molecule has 28 heavy (non-hydrogen) atoms. The summed E-state index contributed by atoms with van der Waals surface area (Å²) in [6, 6.07) is 9.59. The van der Waals surface area contributed by atoms with Gasteiger partial charge in [-0.25, -0.2) is 4.98 Å². The average molecular weight is 398 g/mol. The van der Waals surface area contributed by atoms with Crippen molar-refractivity contribution in [3.8, 4) is 10.8 Å². The third kappa shape index (κ3) is 4.67. The summed E-state index contributed by atoms with van der Waals surface area (Å²) in [6.45, 7) is 7.15. The van der Waals surface area contributed by atoms with Crippen molar-refractivity contribution in [2.24, 2.45) is 0 Å². The number of carbonyl (C=O) groups excluding carboxylic acids is 2. The number of aryl methyl sites for hydroxylation is 3. The van der Waals surface area contributed by atoms with Crippen molar-refractivity contribution in [1.82, 2.24) is 4.98 Å². The summed E-state index contributed by atoms with van der Waals surface area (Å²) in [7, 11) is 0. The van der Waals surface area contributed by atoms with Gasteiger partial charge in [0.25, 0.3) is 5.91 Å². The summed E-state index contributed by atoms with van der Waals surface area (Å²) in [5.41, 5.74) is 3.20. The molecule has 0 radical (unpaired) electrons. The molecule has 1 amide bonds. The van der Waals surface area contributed by atoms with Crippen molar-refractivity contribution in [3.05, 3.63) is 58.3 Å². The van der Waals surface area contributed by atoms with Gasteiger partial charge in [0, 0.05) is 5.69 Å². The van der Waals surface area contributed by atoms with Crippen molar-refractivity contribution in [3.63, 3.8) is 0 Å². The first-order valence-electron chi connectivity index (χ1n) is 8.91. The molecular formula is C21H22N2O4S. The number of esters is 1. The van der Waals surface area contributed by atoms with Gasteiger partial charge in [-0.2, -0.15) is 0 Å². The molecule has 2 heterocycles. The quantitative estimate of drug-likeness (QED) is 0.621. The number of nitrogens with one attached hydrogen (secondary N) is 1. The highest BCUT2D eigenvalue weighted by molar-refractivity contribution is 7.13. The summed E-state index contributed by atoms with van der Waals surface area (Å²) >= 11 is 1.51. The van der Waals surface area contributed by atoms with E-state index in [4.69, 9.17) is 9.15 Å². The van der Waals surface area contributed by atoms with Crippen LogP contribution in [0.5, 0.6) is 0 Å². The Morgan fingerprint density at radius 1 is 1.25 bits per heavy atom. The molecule has 146 valence electrons. The molecule has 0 saturated heterocycles. The molecule has 3 rings (SSSR count). The van der Waals surface area contributed by atoms with E-state index < -0.39 is 12.1 Å². The maximum Gasteiger partial charge on any atom is 0.312 e. The molecule has 7 heteroatoms. The minimum Gasteiger partial charge on any atom is -0.452 e. The largest absolute Gasteiger partial charge is 0.452 e. The van der Waals surface area contributed by atoms with Crippen LogP contribution in [-0.2, 0) is 20.7 Å². The second-order valence-electron chi connectivity index (χ2n) is 6.62. The van der Waals surface area contributed by atoms with E-state index in [1.54, 1.807) is 13.8 Å². The Morgan fingerprint density at radius 3 is 2.75 bits per heavy atom. The lowest BCUT2D eigenvalue weighted by atomic mass is 10.1. The third-order valence-electron chi connectivity index (χ3n) is 4.26. The zero-order valence-corrected chi connectivity index (χ0v) is 17.1. The fraction of sp³-hybridized carbons (Fsp3) is 0.286. The predicted molar refractivity (Wildman–Crippen MR) is 108 cm³/mol. The van der Waals surface area contributed by atoms with E-state index in [-0.39, 0.29) is 12.3 Å². The second kappa shape index (κ2) is 8.39. The molecule has 0 aliphatic rings. The number of carbonyl (C=O) groups is 2. The van der Waals surface area contributed by atoms with Crippen LogP contribution in [0.15, 0.2) is 40.1 Å². The molecular weight excluding hydrogens is 376 g/mol. The Kier molecular flexibility index (Phi) is 5.94. The number of hydrogen-bond donors (Lipinski definition) is 1. The van der Waals surface area contributed by atoms with Gasteiger partial charge in [-0.05, 0) is 56.3 Å². The topological polar surface area (TPSA) is 81.4 Å². The van der Waals surface area contributed by atoms with Crippen LogP contribution in [0, 0.1) is 20.8 Å². The lowest BCUT2D eigenvalue weighted by Crippen LogP contribution is -2.30. The molecule has 1 atom stereocenters. The zero-order chi connectivity index (χ0) is 20.3. The van der Waals surface area contributed by atoms with Crippen molar-refractivity contribution >= 4 is 28.9 Å². The molecule has 0 aliphatic carbocycles. The molecule has 0 aliphatic heterocycles. The van der Waals surface area contributed by atoms with E-state index in [0.717, 1.165) is 16.0 Å². The molecule has 0 bridgehead atoms. The van der Waals surface area contributed by atoms with Gasteiger partial charge in [-0.3, -0.25) is 9.59 Å². The summed E-state index contributed by atoms with van der Waals surface area (Å²) in [5.74, 6) is 0.139. The van der Waals surface area contributed by atoms with Gasteiger partial charge in [0.2, 0.25) is 5.89 Å². The van der Waals surface area contributed by atoms with E-state index in [2.05, 4.69) is 10.3 Å². The van der Waals surface area contributed by atoms with Crippen molar-refractivity contribution in [1.29, 1.82) is 0 Å². The molecule has 6 nitrogen and oxygen atoms in total. The summed E-state index contributed by atoms with van der Waals surface area (Å²) < 4.78 is 10.9. The smallest absolute Gasteiger partial charge is 0.312 e. The fourth-order valence-corrected chi connectivity index (χ4v) is 3.28. The number of oxazole rings is 1. The summed E-state index contributed by atoms with van der Waals surface area (Å²) in [4.78, 5) is 29.9. The Bertz CT molecular complexity index is 992. The van der Waals surface area contributed by atoms with E-state index >= 15 is 0 Å². The standard InChI is InChI=1S/C21H22N2O4S/c1-12-7-8-13(2)16(10-12)22-20(25)15(4)26-19(24)11-17-14(3)27-21(23-17)18-6-5-9-28-18/h5-10,15H,11H2,1-4H3,(H,22,25). The Morgan fingerprint density at radius 2 is 2.04 bits per heavy atom. The van der Waals surface area contributed by atoms with Crippen LogP contribution < -0.4 is 5.32 Å². The zero-order valence-electron chi connectivity index (χ0n) is 16.2. The minimum atomic E-state index is -0.920. The Hall–Kier alpha value is -2.93. The molecule has 1 aromatic carbocycles. The van der Waals surface area contributed by atoms with Gasteiger partial charge in [0.15, 0.2) is 6.10 Å². The van der Waals surface area contributed by atoms with Gasteiger partial charge < -0.3 is 14.5 Å². The highest BCUT2D eigenvalue weighted by Gasteiger charge is 2.21. The van der Waals surface area contributed by atoms with Crippen LogP contribution in [0.4, 0.5) is 5.69 Å². The van der Waals surface area contributed by atoms with Gasteiger partial charge >= 0.3 is 5.97 Å². The van der Waals surface area contributed by atoms with Crippen molar-refractivity contribution < 1.29 is 18.7 Å². The van der Waals surface area contributed by atoms with Gasteiger partial charge in [-0.15, -0.1) is 11.3 Å². The van der Waals surface area contributed by atoms with E-state index in [1.165, 1.54) is 11.3 Å². The molecule has 0 fully saturated rings. The van der Waals surface area contributed by atoms with Crippen LogP contribution in [0.25, 0.3) is 10.8 Å². The lowest BCUT2D eigenvalue weighted by Gasteiger charge is -2.15. The number of anilines is 1. The molecule has 1 unspecified atom stereocenters. The molecule has 1 N–H and O–H groups in total. The maximum absolute atomic E-state index is 12.4. The first kappa shape index (κ1) is 19.8. The SMILES string of the molecule is Cc1ccc(C)c(NC(=O)C(C)OC(=O)Cc2nc(-c3cccs3)oc2C)c1. The summed E-state index contributed by atoms with van der Waals surface area (Å²) in [5, 5.41) is 4.73. The van der Waals surface area contributed by atoms with Crippen LogP contribution >= 0.6 is 11.3 Å². The van der Waals surface area contributed by atoms with E-state index in [0.29, 0.717) is 23.0 Å². The molecule has 3 aromatic rings. The number of nitrogens with zero attached hydrogens (tertiary/aromatic N) is 1. The number of aromatic nitrogens is 1. The average Bonchev–Trinajstić information content (AvgIpc) is 3.28. The maximum atomic E-state index is 12.4. The van der Waals surface area contributed by atoms with Gasteiger partial charge in [-0.1, -0.05) is 18.2 Å². The number of rotatable bonds is 6. The highest BCUT2D eigenvalue weighted by atomic mass is 32.1. The van der Waals surface area contributed by atoms with Crippen molar-refractivity contribution in [2.75, 3.05) is 5.32 Å². The number of ether oxygens (including phenoxy) is 1. The monoisotopic (exact) mass is 398 g/mol. The first-order valence-corrected chi connectivity index (χ1v) is 9.79. The van der Waals surface area contributed by atoms with E-state index in [1.807, 2.05) is 49.6 Å². The van der Waals surface area contributed by atoms with Gasteiger partial charge in [0.05, 0.1) is 17.0 Å². The van der Waals surface area contributed by atoms with Crippen LogP contribution in [0.3, 0.4) is 0 Å². The van der Waals surface area contributed by atoms with Crippen LogP contribution in [-0.4, -0.2) is 23.0 Å². The molecule has 0 saturated carbocycles. The normalized spacial score (nSPS) is 11.9. The summed E-state index contributed by atoms with van der Waals surface area (Å²) in [6.07, 6.45) is -0.974. The number of hydrogen-bond acceptors (Lipinski definition) is 6. The number of thiophene rings is 1. The molecule has 0 spiro atoms. The number of benzene rings is 1. The Labute approximate surface area is 167 Å². The third-order valence-corrected chi connectivity index (χ3v) is 5.12. The Balaban J connectivity index is 1.60. The fourth-order valence-electron chi connectivity index (χ4n) is 2.63. The predicted octanol–water partition coefficient (Wildman–Crippen LogP) is 4.44. The van der Waals surface area contributed by atoms with Crippen LogP contribution in [0.2, 0.25) is 0 Å². The first-order chi connectivity index (χ1) is 13.3. The van der Waals surface area contributed by atoms with Gasteiger partial charge in [0.1, 0.15) is 5.76 Å². The lowest BCUT2D eigenvalue weighted by molar-refractivity contribution is -0.152. The second-order valence-corrected chi connectivity index (χ2v) is 7.56. The highest BCUT2D eigenvalue weighted by Crippen LogP contribution is 2.26. The van der Waals surface area contributed by atoms with Crippen molar-refractivity contribution in [2.45, 2.75) is 40.2 Å². The number of amides is 1.